The normalized spacial score (nSPS) is 26.5. The van der Waals surface area contributed by atoms with Crippen LogP contribution in [0.5, 0.6) is 0 Å². The molecule has 0 bridgehead atoms. The minimum atomic E-state index is -1.72. The zero-order chi connectivity index (χ0) is 50.2. The summed E-state index contributed by atoms with van der Waals surface area (Å²) in [5.74, 6) is -0.408. The Morgan fingerprint density at radius 3 is 1.41 bits per heavy atom. The first kappa shape index (κ1) is 62.0. The summed E-state index contributed by atoms with van der Waals surface area (Å²) in [5.41, 5.74) is 0. The van der Waals surface area contributed by atoms with Crippen molar-refractivity contribution in [3.05, 3.63) is 97.2 Å². The molecule has 0 aliphatic carbocycles. The summed E-state index contributed by atoms with van der Waals surface area (Å²) in [6.07, 6.45) is 37.5. The van der Waals surface area contributed by atoms with Crippen LogP contribution in [0.2, 0.25) is 0 Å². The summed E-state index contributed by atoms with van der Waals surface area (Å²) in [6, 6.07) is 0. The van der Waals surface area contributed by atoms with Gasteiger partial charge in [0.1, 0.15) is 54.9 Å². The molecule has 0 aromatic rings. The number of esters is 1. The summed E-state index contributed by atoms with van der Waals surface area (Å²) in [4.78, 5) is 13.0. The summed E-state index contributed by atoms with van der Waals surface area (Å²) in [5, 5.41) is 72.1. The Morgan fingerprint density at radius 1 is 0.478 bits per heavy atom. The highest BCUT2D eigenvalue weighted by Gasteiger charge is 2.47. The average molecular weight is 975 g/mol. The van der Waals surface area contributed by atoms with Gasteiger partial charge < -0.3 is 64.2 Å². The van der Waals surface area contributed by atoms with Gasteiger partial charge in [0.15, 0.2) is 12.6 Å². The zero-order valence-electron chi connectivity index (χ0n) is 41.8. The van der Waals surface area contributed by atoms with Crippen molar-refractivity contribution in [3.8, 4) is 0 Å². The Hall–Kier alpha value is -3.09. The van der Waals surface area contributed by atoms with E-state index in [0.29, 0.717) is 13.0 Å². The summed E-state index contributed by atoms with van der Waals surface area (Å²) >= 11 is 0. The molecule has 0 radical (unpaired) electrons. The first-order chi connectivity index (χ1) is 33.6. The SMILES string of the molecule is CC/C=C\C/C=C\C/C=C\C/C=C\C/C=C\CCCCCCCC(=O)OC(COCCCCCC/C=C\C/C=C\C/C=C\CC)COC1OC(COC2OC(CO)C(O)C(O)C2O)C(O)C(O)C1O. The van der Waals surface area contributed by atoms with Gasteiger partial charge in [0.05, 0.1) is 26.4 Å². The Labute approximate surface area is 413 Å². The zero-order valence-corrected chi connectivity index (χ0v) is 41.8. The van der Waals surface area contributed by atoms with Crippen molar-refractivity contribution >= 4 is 5.97 Å². The molecule has 0 amide bonds. The lowest BCUT2D eigenvalue weighted by molar-refractivity contribution is -0.332. The Bertz CT molecular complexity index is 1500. The van der Waals surface area contributed by atoms with E-state index in [0.717, 1.165) is 116 Å². The van der Waals surface area contributed by atoms with E-state index in [-0.39, 0.29) is 19.6 Å². The van der Waals surface area contributed by atoms with Crippen LogP contribution >= 0.6 is 0 Å². The monoisotopic (exact) mass is 975 g/mol. The maximum atomic E-state index is 13.0. The third kappa shape index (κ3) is 29.1. The van der Waals surface area contributed by atoms with E-state index in [9.17, 15) is 40.5 Å². The lowest BCUT2D eigenvalue weighted by Crippen LogP contribution is -2.61. The second kappa shape index (κ2) is 41.5. The number of aliphatic hydroxyl groups is 7. The smallest absolute Gasteiger partial charge is 0.306 e. The number of aliphatic hydroxyl groups excluding tert-OH is 7. The van der Waals surface area contributed by atoms with Crippen LogP contribution in [0.4, 0.5) is 0 Å². The number of ether oxygens (including phenoxy) is 6. The third-order valence-corrected chi connectivity index (χ3v) is 11.6. The van der Waals surface area contributed by atoms with Gasteiger partial charge in [0, 0.05) is 13.0 Å². The number of hydrogen-bond acceptors (Lipinski definition) is 14. The predicted molar refractivity (Wildman–Crippen MR) is 270 cm³/mol. The van der Waals surface area contributed by atoms with Gasteiger partial charge in [-0.1, -0.05) is 143 Å². The molecule has 0 saturated carbocycles. The summed E-state index contributed by atoms with van der Waals surface area (Å²) in [7, 11) is 0. The van der Waals surface area contributed by atoms with E-state index in [2.05, 4.69) is 111 Å². The van der Waals surface area contributed by atoms with E-state index >= 15 is 0 Å². The minimum absolute atomic E-state index is 0.0314. The second-order valence-corrected chi connectivity index (χ2v) is 17.6. The fraction of sp³-hybridized carbons (Fsp3) is 0.691. The Kier molecular flexibility index (Phi) is 37.3. The van der Waals surface area contributed by atoms with E-state index < -0.39 is 86.7 Å². The number of carbonyl (C=O) groups excluding carboxylic acids is 1. The molecule has 2 aliphatic rings. The largest absolute Gasteiger partial charge is 0.457 e. The molecular weight excluding hydrogens is 885 g/mol. The molecule has 69 heavy (non-hydrogen) atoms. The van der Waals surface area contributed by atoms with Crippen molar-refractivity contribution in [2.45, 2.75) is 210 Å². The van der Waals surface area contributed by atoms with Crippen LogP contribution in [-0.2, 0) is 33.2 Å². The second-order valence-electron chi connectivity index (χ2n) is 17.6. The van der Waals surface area contributed by atoms with Crippen LogP contribution in [-0.4, -0.2) is 142 Å². The molecule has 7 N–H and O–H groups in total. The van der Waals surface area contributed by atoms with Crippen molar-refractivity contribution in [1.82, 2.24) is 0 Å². The molecular formula is C55H90O14. The number of rotatable bonds is 39. The predicted octanol–water partition coefficient (Wildman–Crippen LogP) is 7.85. The Balaban J connectivity index is 1.78. The van der Waals surface area contributed by atoms with Crippen LogP contribution in [0.25, 0.3) is 0 Å². The lowest BCUT2D eigenvalue weighted by atomic mass is 9.98. The first-order valence-electron chi connectivity index (χ1n) is 25.8. The first-order valence-corrected chi connectivity index (χ1v) is 25.8. The molecule has 394 valence electrons. The van der Waals surface area contributed by atoms with Gasteiger partial charge in [-0.05, 0) is 89.9 Å². The van der Waals surface area contributed by atoms with Gasteiger partial charge in [-0.25, -0.2) is 0 Å². The van der Waals surface area contributed by atoms with Gasteiger partial charge in [0.25, 0.3) is 0 Å². The number of allylic oxidation sites excluding steroid dienone is 16. The highest BCUT2D eigenvalue weighted by Crippen LogP contribution is 2.26. The van der Waals surface area contributed by atoms with Gasteiger partial charge >= 0.3 is 5.97 Å². The lowest BCUT2D eigenvalue weighted by Gasteiger charge is -2.42. The molecule has 11 unspecified atom stereocenters. The van der Waals surface area contributed by atoms with Gasteiger partial charge in [-0.15, -0.1) is 0 Å². The quantitative estimate of drug-likeness (QED) is 0.0178. The fourth-order valence-electron chi connectivity index (χ4n) is 7.44. The van der Waals surface area contributed by atoms with Crippen LogP contribution in [0.3, 0.4) is 0 Å². The van der Waals surface area contributed by atoms with E-state index in [1.54, 1.807) is 0 Å². The maximum absolute atomic E-state index is 13.0. The van der Waals surface area contributed by atoms with Gasteiger partial charge in [-0.2, -0.15) is 0 Å². The standard InChI is InChI=1S/C55H90O14/c1-3-5-7-9-11-13-15-17-19-20-21-22-23-24-25-26-28-30-32-34-36-38-47(57)67-44(41-64-39-37-35-33-31-29-27-18-16-14-12-10-8-6-4-2)42-65-54-53(63)51(61)49(59)46(69-54)43-66-55-52(62)50(60)48(58)45(40-56)68-55/h5-8,11-14,17-19,21-22,24-25,27,44-46,48-56,58-63H,3-4,9-10,15-16,20,23,26,28-43H2,1-2H3/b7-5-,8-6-,13-11-,14-12-,19-17-,22-21-,25-24-,27-18-. The molecule has 2 heterocycles. The summed E-state index contributed by atoms with van der Waals surface area (Å²) in [6.45, 7) is 3.34. The molecule has 2 aliphatic heterocycles. The van der Waals surface area contributed by atoms with Crippen molar-refractivity contribution in [2.24, 2.45) is 0 Å². The van der Waals surface area contributed by atoms with E-state index in [4.69, 9.17) is 28.4 Å². The van der Waals surface area contributed by atoms with Gasteiger partial charge in [0.2, 0.25) is 0 Å². The fourth-order valence-corrected chi connectivity index (χ4v) is 7.44. The van der Waals surface area contributed by atoms with Gasteiger partial charge in [-0.3, -0.25) is 4.79 Å². The van der Waals surface area contributed by atoms with Crippen LogP contribution in [0.1, 0.15) is 142 Å². The topological polar surface area (TPSA) is 214 Å². The highest BCUT2D eigenvalue weighted by molar-refractivity contribution is 5.69. The van der Waals surface area contributed by atoms with Crippen LogP contribution < -0.4 is 0 Å². The molecule has 2 saturated heterocycles. The molecule has 0 aromatic carbocycles. The van der Waals surface area contributed by atoms with E-state index in [1.807, 2.05) is 0 Å². The van der Waals surface area contributed by atoms with Crippen LogP contribution in [0.15, 0.2) is 97.2 Å². The molecule has 2 fully saturated rings. The number of unbranched alkanes of at least 4 members (excludes halogenated alkanes) is 9. The van der Waals surface area contributed by atoms with Crippen molar-refractivity contribution in [2.75, 3.05) is 33.0 Å². The maximum Gasteiger partial charge on any atom is 0.306 e. The molecule has 2 rings (SSSR count). The molecule has 0 aromatic heterocycles. The van der Waals surface area contributed by atoms with E-state index in [1.165, 1.54) is 0 Å². The number of hydrogen-bond donors (Lipinski definition) is 7. The van der Waals surface area contributed by atoms with Crippen molar-refractivity contribution in [1.29, 1.82) is 0 Å². The third-order valence-electron chi connectivity index (χ3n) is 11.6. The number of carbonyl (C=O) groups is 1. The summed E-state index contributed by atoms with van der Waals surface area (Å²) < 4.78 is 34.2. The molecule has 11 atom stereocenters. The molecule has 0 spiro atoms. The molecule has 14 nitrogen and oxygen atoms in total. The van der Waals surface area contributed by atoms with Crippen molar-refractivity contribution in [3.63, 3.8) is 0 Å². The minimum Gasteiger partial charge on any atom is -0.457 e. The highest BCUT2D eigenvalue weighted by atomic mass is 16.7. The van der Waals surface area contributed by atoms with Crippen LogP contribution in [0, 0.1) is 0 Å². The average Bonchev–Trinajstić information content (AvgIpc) is 3.35. The molecule has 14 heteroatoms. The Morgan fingerprint density at radius 2 is 0.899 bits per heavy atom. The van der Waals surface area contributed by atoms with Crippen molar-refractivity contribution < 1.29 is 69.0 Å².